The van der Waals surface area contributed by atoms with Gasteiger partial charge in [-0.05, 0) is 50.1 Å². The molecule has 2 aromatic carbocycles. The van der Waals surface area contributed by atoms with Crippen LogP contribution in [0.3, 0.4) is 0 Å². The van der Waals surface area contributed by atoms with Crippen molar-refractivity contribution < 1.29 is 21.8 Å². The zero-order valence-corrected chi connectivity index (χ0v) is 17.7. The van der Waals surface area contributed by atoms with Gasteiger partial charge in [0.05, 0.1) is 20.4 Å². The molecule has 0 radical (unpaired) electrons. The standard InChI is InChI=1S/C17H21N3O6S2/c1-11-9-14(28(25,26)19(4)5)10-15(12(11)2)18-27(23,24)17-8-6-7-16(13(17)3)20(21)22/h6-10,18H,1-5H3. The van der Waals surface area contributed by atoms with Crippen LogP contribution in [-0.2, 0) is 20.0 Å². The minimum Gasteiger partial charge on any atom is -0.279 e. The molecular weight excluding hydrogens is 406 g/mol. The first-order chi connectivity index (χ1) is 12.8. The van der Waals surface area contributed by atoms with E-state index >= 15 is 0 Å². The average Bonchev–Trinajstić information content (AvgIpc) is 2.57. The van der Waals surface area contributed by atoms with E-state index in [4.69, 9.17) is 0 Å². The lowest BCUT2D eigenvalue weighted by atomic mass is 10.1. The summed E-state index contributed by atoms with van der Waals surface area (Å²) in [6.07, 6.45) is 0. The molecule has 11 heteroatoms. The third kappa shape index (κ3) is 4.01. The molecular formula is C17H21N3O6S2. The fourth-order valence-corrected chi connectivity index (χ4v) is 4.97. The molecule has 0 saturated carbocycles. The van der Waals surface area contributed by atoms with Gasteiger partial charge in [0.15, 0.2) is 0 Å². The van der Waals surface area contributed by atoms with Crippen LogP contribution in [-0.4, -0.2) is 40.2 Å². The number of nitro groups is 1. The lowest BCUT2D eigenvalue weighted by Gasteiger charge is -2.17. The topological polar surface area (TPSA) is 127 Å². The van der Waals surface area contributed by atoms with Gasteiger partial charge in [-0.1, -0.05) is 6.07 Å². The van der Waals surface area contributed by atoms with E-state index in [1.807, 2.05) is 0 Å². The number of hydrogen-bond donors (Lipinski definition) is 1. The first-order valence-electron chi connectivity index (χ1n) is 8.09. The molecule has 0 spiro atoms. The van der Waals surface area contributed by atoms with E-state index in [-0.39, 0.29) is 26.7 Å². The molecule has 0 fully saturated rings. The molecule has 0 aliphatic carbocycles. The first-order valence-corrected chi connectivity index (χ1v) is 11.0. The number of anilines is 1. The van der Waals surface area contributed by atoms with Crippen LogP contribution in [0, 0.1) is 30.9 Å². The van der Waals surface area contributed by atoms with Gasteiger partial charge in [0.2, 0.25) is 10.0 Å². The zero-order chi connectivity index (χ0) is 21.4. The molecule has 2 aromatic rings. The summed E-state index contributed by atoms with van der Waals surface area (Å²) in [4.78, 5) is 10.1. The van der Waals surface area contributed by atoms with Crippen LogP contribution in [0.25, 0.3) is 0 Å². The average molecular weight is 428 g/mol. The molecule has 9 nitrogen and oxygen atoms in total. The van der Waals surface area contributed by atoms with Gasteiger partial charge in [-0.2, -0.15) is 0 Å². The molecule has 0 unspecified atom stereocenters. The van der Waals surface area contributed by atoms with Crippen molar-refractivity contribution in [3.05, 3.63) is 57.1 Å². The molecule has 0 heterocycles. The molecule has 28 heavy (non-hydrogen) atoms. The van der Waals surface area contributed by atoms with Crippen LogP contribution in [0.4, 0.5) is 11.4 Å². The Morgan fingerprint density at radius 2 is 1.61 bits per heavy atom. The van der Waals surface area contributed by atoms with E-state index in [0.29, 0.717) is 11.1 Å². The second kappa shape index (κ2) is 7.49. The number of sulfonamides is 2. The van der Waals surface area contributed by atoms with Gasteiger partial charge in [0, 0.05) is 25.7 Å². The van der Waals surface area contributed by atoms with E-state index in [0.717, 1.165) is 4.31 Å². The van der Waals surface area contributed by atoms with Gasteiger partial charge in [0.25, 0.3) is 15.7 Å². The maximum atomic E-state index is 12.9. The molecule has 0 amide bonds. The Labute approximate surface area is 164 Å². The van der Waals surface area contributed by atoms with Gasteiger partial charge in [-0.15, -0.1) is 0 Å². The fourth-order valence-electron chi connectivity index (χ4n) is 2.58. The molecule has 0 saturated heterocycles. The Bertz CT molecular complexity index is 1160. The summed E-state index contributed by atoms with van der Waals surface area (Å²) in [5, 5.41) is 11.1. The Hall–Kier alpha value is -2.50. The maximum absolute atomic E-state index is 12.9. The highest BCUT2D eigenvalue weighted by atomic mass is 32.2. The summed E-state index contributed by atoms with van der Waals surface area (Å²) in [6.45, 7) is 4.66. The van der Waals surface area contributed by atoms with E-state index < -0.39 is 25.0 Å². The van der Waals surface area contributed by atoms with Gasteiger partial charge < -0.3 is 0 Å². The highest BCUT2D eigenvalue weighted by Crippen LogP contribution is 2.30. The van der Waals surface area contributed by atoms with Crippen molar-refractivity contribution in [2.45, 2.75) is 30.6 Å². The van der Waals surface area contributed by atoms with Gasteiger partial charge >= 0.3 is 0 Å². The molecule has 0 atom stereocenters. The highest BCUT2D eigenvalue weighted by Gasteiger charge is 2.25. The Morgan fingerprint density at radius 1 is 1.00 bits per heavy atom. The predicted octanol–water partition coefficient (Wildman–Crippen LogP) is 2.57. The quantitative estimate of drug-likeness (QED) is 0.558. The molecule has 0 aromatic heterocycles. The highest BCUT2D eigenvalue weighted by molar-refractivity contribution is 7.92. The van der Waals surface area contributed by atoms with Crippen molar-refractivity contribution in [2.24, 2.45) is 0 Å². The molecule has 0 aliphatic rings. The largest absolute Gasteiger partial charge is 0.279 e. The second-order valence-corrected chi connectivity index (χ2v) is 10.3. The van der Waals surface area contributed by atoms with Crippen molar-refractivity contribution in [2.75, 3.05) is 18.8 Å². The van der Waals surface area contributed by atoms with Crippen LogP contribution < -0.4 is 4.72 Å². The smallest absolute Gasteiger partial charge is 0.273 e. The second-order valence-electron chi connectivity index (χ2n) is 6.46. The van der Waals surface area contributed by atoms with Crippen molar-refractivity contribution >= 4 is 31.4 Å². The number of benzene rings is 2. The zero-order valence-electron chi connectivity index (χ0n) is 16.0. The summed E-state index contributed by atoms with van der Waals surface area (Å²) in [5.74, 6) is 0. The van der Waals surface area contributed by atoms with Crippen LogP contribution in [0.15, 0.2) is 40.1 Å². The van der Waals surface area contributed by atoms with Gasteiger partial charge in [-0.25, -0.2) is 21.1 Å². The van der Waals surface area contributed by atoms with Crippen molar-refractivity contribution in [1.29, 1.82) is 0 Å². The van der Waals surface area contributed by atoms with Crippen molar-refractivity contribution in [1.82, 2.24) is 4.31 Å². The Morgan fingerprint density at radius 3 is 2.14 bits per heavy atom. The van der Waals surface area contributed by atoms with Gasteiger partial charge in [-0.3, -0.25) is 14.8 Å². The molecule has 2 rings (SSSR count). The molecule has 0 bridgehead atoms. The summed E-state index contributed by atoms with van der Waals surface area (Å²) >= 11 is 0. The predicted molar refractivity (Wildman–Crippen MR) is 105 cm³/mol. The minimum atomic E-state index is -4.18. The molecule has 152 valence electrons. The summed E-state index contributed by atoms with van der Waals surface area (Å²) in [5.41, 5.74) is 0.887. The number of rotatable bonds is 6. The summed E-state index contributed by atoms with van der Waals surface area (Å²) < 4.78 is 54.0. The summed E-state index contributed by atoms with van der Waals surface area (Å²) in [6, 6.07) is 6.45. The maximum Gasteiger partial charge on any atom is 0.273 e. The third-order valence-electron chi connectivity index (χ3n) is 4.41. The lowest BCUT2D eigenvalue weighted by Crippen LogP contribution is -2.23. The SMILES string of the molecule is Cc1cc(S(=O)(=O)N(C)C)cc(NS(=O)(=O)c2cccc([N+](=O)[O-])c2C)c1C. The normalized spacial score (nSPS) is 12.2. The molecule has 1 N–H and O–H groups in total. The number of nitrogens with zero attached hydrogens (tertiary/aromatic N) is 2. The van der Waals surface area contributed by atoms with Gasteiger partial charge in [0.1, 0.15) is 0 Å². The van der Waals surface area contributed by atoms with E-state index in [2.05, 4.69) is 4.72 Å². The van der Waals surface area contributed by atoms with Crippen LogP contribution in [0.5, 0.6) is 0 Å². The van der Waals surface area contributed by atoms with Crippen LogP contribution in [0.2, 0.25) is 0 Å². The third-order valence-corrected chi connectivity index (χ3v) is 7.71. The number of nitrogens with one attached hydrogen (secondary N) is 1. The van der Waals surface area contributed by atoms with Crippen LogP contribution in [0.1, 0.15) is 16.7 Å². The van der Waals surface area contributed by atoms with E-state index in [9.17, 15) is 26.9 Å². The van der Waals surface area contributed by atoms with Crippen LogP contribution >= 0.6 is 0 Å². The summed E-state index contributed by atoms with van der Waals surface area (Å²) in [7, 11) is -5.21. The van der Waals surface area contributed by atoms with Crippen molar-refractivity contribution in [3.63, 3.8) is 0 Å². The van der Waals surface area contributed by atoms with E-state index in [1.165, 1.54) is 51.4 Å². The lowest BCUT2D eigenvalue weighted by molar-refractivity contribution is -0.385. The van der Waals surface area contributed by atoms with E-state index in [1.54, 1.807) is 13.8 Å². The van der Waals surface area contributed by atoms with Crippen molar-refractivity contribution in [3.8, 4) is 0 Å². The number of aryl methyl sites for hydroxylation is 1. The number of hydrogen-bond acceptors (Lipinski definition) is 6. The Balaban J connectivity index is 2.61. The fraction of sp³-hybridized carbons (Fsp3) is 0.294. The minimum absolute atomic E-state index is 0.00792. The Kier molecular flexibility index (Phi) is 5.83. The number of nitro benzene ring substituents is 1. The first kappa shape index (κ1) is 21.8. The monoisotopic (exact) mass is 427 g/mol. The molecule has 0 aliphatic heterocycles.